The average molecular weight is 300 g/mol. The molecule has 1 heterocycles. The SMILES string of the molecule is CN=C(NCCc1csc(-c2ccccc2)n1)NC1CC1. The zero-order chi connectivity index (χ0) is 14.5. The minimum atomic E-state index is 0.625. The van der Waals surface area contributed by atoms with Gasteiger partial charge in [0.1, 0.15) is 5.01 Å². The lowest BCUT2D eigenvalue weighted by molar-refractivity contribution is 0.785. The van der Waals surface area contributed by atoms with Gasteiger partial charge in [-0.15, -0.1) is 11.3 Å². The molecule has 0 radical (unpaired) electrons. The Balaban J connectivity index is 1.50. The number of benzene rings is 1. The van der Waals surface area contributed by atoms with Gasteiger partial charge in [-0.3, -0.25) is 4.99 Å². The van der Waals surface area contributed by atoms with Gasteiger partial charge >= 0.3 is 0 Å². The molecule has 1 saturated carbocycles. The minimum absolute atomic E-state index is 0.625. The summed E-state index contributed by atoms with van der Waals surface area (Å²) in [6.07, 6.45) is 3.43. The van der Waals surface area contributed by atoms with Gasteiger partial charge in [0.15, 0.2) is 5.96 Å². The third-order valence-corrected chi connectivity index (χ3v) is 4.33. The summed E-state index contributed by atoms with van der Waals surface area (Å²) in [6.45, 7) is 0.852. The van der Waals surface area contributed by atoms with Crippen LogP contribution in [0.2, 0.25) is 0 Å². The number of guanidine groups is 1. The van der Waals surface area contributed by atoms with Crippen LogP contribution in [0.3, 0.4) is 0 Å². The lowest BCUT2D eigenvalue weighted by Gasteiger charge is -2.10. The molecule has 0 amide bonds. The van der Waals surface area contributed by atoms with Gasteiger partial charge in [0, 0.05) is 37.0 Å². The summed E-state index contributed by atoms with van der Waals surface area (Å²) in [7, 11) is 1.81. The Labute approximate surface area is 129 Å². The molecule has 1 fully saturated rings. The van der Waals surface area contributed by atoms with Crippen LogP contribution >= 0.6 is 11.3 Å². The number of rotatable bonds is 5. The summed E-state index contributed by atoms with van der Waals surface area (Å²) in [6, 6.07) is 10.9. The van der Waals surface area contributed by atoms with E-state index in [1.807, 2.05) is 25.2 Å². The first-order valence-electron chi connectivity index (χ1n) is 7.32. The van der Waals surface area contributed by atoms with E-state index in [0.29, 0.717) is 6.04 Å². The van der Waals surface area contributed by atoms with Crippen LogP contribution in [0, 0.1) is 0 Å². The summed E-state index contributed by atoms with van der Waals surface area (Å²) in [5, 5.41) is 9.95. The normalized spacial score (nSPS) is 15.0. The van der Waals surface area contributed by atoms with Gasteiger partial charge in [0.05, 0.1) is 5.69 Å². The van der Waals surface area contributed by atoms with E-state index in [2.05, 4.69) is 33.1 Å². The fourth-order valence-electron chi connectivity index (χ4n) is 2.06. The van der Waals surface area contributed by atoms with Crippen LogP contribution in [0.5, 0.6) is 0 Å². The maximum Gasteiger partial charge on any atom is 0.191 e. The minimum Gasteiger partial charge on any atom is -0.356 e. The van der Waals surface area contributed by atoms with E-state index in [4.69, 9.17) is 4.98 Å². The second-order valence-corrected chi connectivity index (χ2v) is 6.04. The summed E-state index contributed by atoms with van der Waals surface area (Å²) in [5.74, 6) is 0.899. The average Bonchev–Trinajstić information content (AvgIpc) is 3.22. The zero-order valence-electron chi connectivity index (χ0n) is 12.2. The van der Waals surface area contributed by atoms with Gasteiger partial charge in [0.25, 0.3) is 0 Å². The van der Waals surface area contributed by atoms with Gasteiger partial charge in [-0.1, -0.05) is 30.3 Å². The second-order valence-electron chi connectivity index (χ2n) is 5.18. The molecule has 2 N–H and O–H groups in total. The molecule has 5 heteroatoms. The molecule has 21 heavy (non-hydrogen) atoms. The number of aliphatic imine (C=N–C) groups is 1. The number of hydrogen-bond acceptors (Lipinski definition) is 3. The molecule has 0 bridgehead atoms. The van der Waals surface area contributed by atoms with Crippen LogP contribution < -0.4 is 10.6 Å². The summed E-state index contributed by atoms with van der Waals surface area (Å²) in [4.78, 5) is 8.92. The molecule has 1 aromatic heterocycles. The lowest BCUT2D eigenvalue weighted by Crippen LogP contribution is -2.39. The van der Waals surface area contributed by atoms with Crippen molar-refractivity contribution in [2.45, 2.75) is 25.3 Å². The molecule has 3 rings (SSSR count). The van der Waals surface area contributed by atoms with Gasteiger partial charge in [-0.2, -0.15) is 0 Å². The Morgan fingerprint density at radius 1 is 1.33 bits per heavy atom. The number of hydrogen-bond donors (Lipinski definition) is 2. The first kappa shape index (κ1) is 14.1. The summed E-state index contributed by atoms with van der Waals surface area (Å²) in [5.41, 5.74) is 2.32. The molecule has 0 spiro atoms. The Morgan fingerprint density at radius 3 is 2.86 bits per heavy atom. The van der Waals surface area contributed by atoms with Gasteiger partial charge in [0.2, 0.25) is 0 Å². The summed E-state index contributed by atoms with van der Waals surface area (Å²) < 4.78 is 0. The van der Waals surface area contributed by atoms with Crippen molar-refractivity contribution in [3.8, 4) is 10.6 Å². The molecule has 0 unspecified atom stereocenters. The highest BCUT2D eigenvalue weighted by molar-refractivity contribution is 7.13. The number of nitrogens with one attached hydrogen (secondary N) is 2. The number of thiazole rings is 1. The number of nitrogens with zero attached hydrogens (tertiary/aromatic N) is 2. The van der Waals surface area contributed by atoms with Crippen LogP contribution in [0.1, 0.15) is 18.5 Å². The Bertz CT molecular complexity index is 602. The molecular weight excluding hydrogens is 280 g/mol. The standard InChI is InChI=1S/C16H20N4S/c1-17-16(20-13-7-8-13)18-10-9-14-11-21-15(19-14)12-5-3-2-4-6-12/h2-6,11,13H,7-10H2,1H3,(H2,17,18,20). The molecule has 4 nitrogen and oxygen atoms in total. The highest BCUT2D eigenvalue weighted by Gasteiger charge is 2.21. The first-order valence-corrected chi connectivity index (χ1v) is 8.20. The molecular formula is C16H20N4S. The van der Waals surface area contributed by atoms with Crippen molar-refractivity contribution in [2.75, 3.05) is 13.6 Å². The molecule has 0 aliphatic heterocycles. The van der Waals surface area contributed by atoms with Gasteiger partial charge in [-0.25, -0.2) is 4.98 Å². The smallest absolute Gasteiger partial charge is 0.191 e. The first-order chi connectivity index (χ1) is 10.3. The van der Waals surface area contributed by atoms with Crippen molar-refractivity contribution >= 4 is 17.3 Å². The van der Waals surface area contributed by atoms with E-state index < -0.39 is 0 Å². The monoisotopic (exact) mass is 300 g/mol. The molecule has 0 saturated heterocycles. The van der Waals surface area contributed by atoms with E-state index in [9.17, 15) is 0 Å². The van der Waals surface area contributed by atoms with Crippen LogP contribution in [0.15, 0.2) is 40.7 Å². The predicted molar refractivity (Wildman–Crippen MR) is 88.8 cm³/mol. The van der Waals surface area contributed by atoms with E-state index in [-0.39, 0.29) is 0 Å². The lowest BCUT2D eigenvalue weighted by atomic mass is 10.2. The van der Waals surface area contributed by atoms with Crippen molar-refractivity contribution in [3.63, 3.8) is 0 Å². The van der Waals surface area contributed by atoms with Crippen molar-refractivity contribution < 1.29 is 0 Å². The summed E-state index contributed by atoms with van der Waals surface area (Å²) >= 11 is 1.70. The number of aromatic nitrogens is 1. The largest absolute Gasteiger partial charge is 0.356 e. The molecule has 1 aliphatic rings. The van der Waals surface area contributed by atoms with Crippen molar-refractivity contribution in [2.24, 2.45) is 4.99 Å². The predicted octanol–water partition coefficient (Wildman–Crippen LogP) is 2.68. The van der Waals surface area contributed by atoms with E-state index in [1.54, 1.807) is 11.3 Å². The van der Waals surface area contributed by atoms with Crippen LogP contribution in [0.25, 0.3) is 10.6 Å². The third-order valence-electron chi connectivity index (χ3n) is 3.39. The Hall–Kier alpha value is -1.88. The van der Waals surface area contributed by atoms with Crippen LogP contribution in [-0.4, -0.2) is 30.6 Å². The second kappa shape index (κ2) is 6.72. The Morgan fingerprint density at radius 2 is 2.14 bits per heavy atom. The van der Waals surface area contributed by atoms with Crippen molar-refractivity contribution in [1.82, 2.24) is 15.6 Å². The molecule has 2 aromatic rings. The molecule has 1 aromatic carbocycles. The Kier molecular flexibility index (Phi) is 4.50. The fraction of sp³-hybridized carbons (Fsp3) is 0.375. The molecule has 1 aliphatic carbocycles. The third kappa shape index (κ3) is 4.04. The van der Waals surface area contributed by atoms with Crippen molar-refractivity contribution in [1.29, 1.82) is 0 Å². The van der Waals surface area contributed by atoms with E-state index in [0.717, 1.165) is 29.6 Å². The quantitative estimate of drug-likeness (QED) is 0.659. The van der Waals surface area contributed by atoms with E-state index in [1.165, 1.54) is 18.4 Å². The highest BCUT2D eigenvalue weighted by Crippen LogP contribution is 2.23. The van der Waals surface area contributed by atoms with Gasteiger partial charge < -0.3 is 10.6 Å². The molecule has 110 valence electrons. The van der Waals surface area contributed by atoms with Crippen molar-refractivity contribution in [3.05, 3.63) is 41.4 Å². The fourth-order valence-corrected chi connectivity index (χ4v) is 2.92. The van der Waals surface area contributed by atoms with Crippen LogP contribution in [0.4, 0.5) is 0 Å². The van der Waals surface area contributed by atoms with Crippen LogP contribution in [-0.2, 0) is 6.42 Å². The van der Waals surface area contributed by atoms with E-state index >= 15 is 0 Å². The maximum atomic E-state index is 4.69. The maximum absolute atomic E-state index is 4.69. The topological polar surface area (TPSA) is 49.3 Å². The zero-order valence-corrected chi connectivity index (χ0v) is 13.0. The van der Waals surface area contributed by atoms with Gasteiger partial charge in [-0.05, 0) is 12.8 Å². The highest BCUT2D eigenvalue weighted by atomic mass is 32.1. The molecule has 0 atom stereocenters.